The molecule has 22 heavy (non-hydrogen) atoms. The lowest BCUT2D eigenvalue weighted by Crippen LogP contribution is -2.47. The molecule has 0 spiro atoms. The van der Waals surface area contributed by atoms with E-state index in [2.05, 4.69) is 34.7 Å². The number of hydrogen-bond donors (Lipinski definition) is 2. The van der Waals surface area contributed by atoms with Crippen LogP contribution in [0.4, 0.5) is 0 Å². The number of aromatic amines is 1. The number of H-pyrrole nitrogens is 1. The second kappa shape index (κ2) is 5.08. The summed E-state index contributed by atoms with van der Waals surface area (Å²) in [6, 6.07) is 6.85. The molecule has 5 nitrogen and oxygen atoms in total. The molecule has 1 fully saturated rings. The molecule has 6 heteroatoms. The Labute approximate surface area is 130 Å². The molecule has 4 rings (SSSR count). The quantitative estimate of drug-likeness (QED) is 0.846. The van der Waals surface area contributed by atoms with Crippen molar-refractivity contribution in [2.75, 3.05) is 19.4 Å². The summed E-state index contributed by atoms with van der Waals surface area (Å²) in [6.07, 6.45) is 5.22. The van der Waals surface area contributed by atoms with E-state index in [4.69, 9.17) is 4.18 Å². The van der Waals surface area contributed by atoms with Crippen molar-refractivity contribution in [3.05, 3.63) is 35.5 Å². The van der Waals surface area contributed by atoms with Crippen LogP contribution >= 0.6 is 0 Å². The van der Waals surface area contributed by atoms with E-state index in [1.165, 1.54) is 22.0 Å². The molecule has 1 aliphatic carbocycles. The van der Waals surface area contributed by atoms with Crippen LogP contribution in [0, 0.1) is 5.92 Å². The Morgan fingerprint density at radius 3 is 3.05 bits per heavy atom. The Morgan fingerprint density at radius 1 is 1.36 bits per heavy atom. The minimum absolute atomic E-state index is 0.228. The van der Waals surface area contributed by atoms with Gasteiger partial charge in [0.25, 0.3) is 10.1 Å². The lowest BCUT2D eigenvalue weighted by atomic mass is 9.73. The van der Waals surface area contributed by atoms with Gasteiger partial charge in [0.15, 0.2) is 0 Å². The molecule has 1 aliphatic heterocycles. The predicted molar refractivity (Wildman–Crippen MR) is 85.4 cm³/mol. The normalized spacial score (nSPS) is 27.8. The van der Waals surface area contributed by atoms with Crippen molar-refractivity contribution < 1.29 is 12.6 Å². The van der Waals surface area contributed by atoms with Crippen LogP contribution in [0.5, 0.6) is 0 Å². The average Bonchev–Trinajstić information content (AvgIpc) is 2.89. The summed E-state index contributed by atoms with van der Waals surface area (Å²) in [5.74, 6) is 0.653. The van der Waals surface area contributed by atoms with E-state index in [9.17, 15) is 8.42 Å². The molecule has 0 saturated carbocycles. The summed E-state index contributed by atoms with van der Waals surface area (Å²) in [5.41, 5.74) is 3.95. The van der Waals surface area contributed by atoms with E-state index in [1.54, 1.807) is 0 Å². The van der Waals surface area contributed by atoms with Crippen molar-refractivity contribution in [3.8, 4) is 0 Å². The van der Waals surface area contributed by atoms with Gasteiger partial charge in [-0.2, -0.15) is 8.42 Å². The summed E-state index contributed by atoms with van der Waals surface area (Å²) >= 11 is 0. The Kier molecular flexibility index (Phi) is 3.29. The van der Waals surface area contributed by atoms with Gasteiger partial charge in [-0.1, -0.05) is 12.1 Å². The maximum absolute atomic E-state index is 11.2. The molecular formula is C16H20N2O3S. The average molecular weight is 320 g/mol. The Balaban J connectivity index is 1.61. The van der Waals surface area contributed by atoms with Crippen LogP contribution in [0.25, 0.3) is 10.9 Å². The van der Waals surface area contributed by atoms with Crippen LogP contribution in [0.3, 0.4) is 0 Å². The molecule has 3 atom stereocenters. The van der Waals surface area contributed by atoms with Crippen LogP contribution in [0.1, 0.15) is 23.5 Å². The molecule has 1 aromatic heterocycles. The fraction of sp³-hybridized carbons (Fsp3) is 0.500. The van der Waals surface area contributed by atoms with E-state index >= 15 is 0 Å². The zero-order chi connectivity index (χ0) is 15.3. The van der Waals surface area contributed by atoms with Gasteiger partial charge in [0.1, 0.15) is 0 Å². The van der Waals surface area contributed by atoms with Crippen molar-refractivity contribution in [1.82, 2.24) is 10.3 Å². The molecule has 2 aromatic rings. The number of fused-ring (bicyclic) bond motifs is 2. The van der Waals surface area contributed by atoms with Crippen LogP contribution in [-0.4, -0.2) is 38.9 Å². The standard InChI is InChI=1S/C16H20N2O3S/c1-22(19,20)21-9-10-5-13-12-3-2-4-14-16(12)11(8-18-14)6-15(13)17-7-10/h2-4,8,10,13,15,17-18H,5-7,9H2,1H3/t10?,13?,15-/m1/s1. The number of piperidine rings is 1. The second-order valence-electron chi connectivity index (χ2n) is 6.50. The highest BCUT2D eigenvalue weighted by atomic mass is 32.2. The topological polar surface area (TPSA) is 71.2 Å². The van der Waals surface area contributed by atoms with Gasteiger partial charge < -0.3 is 10.3 Å². The first-order valence-corrected chi connectivity index (χ1v) is 9.49. The van der Waals surface area contributed by atoms with Gasteiger partial charge in [0.2, 0.25) is 0 Å². The van der Waals surface area contributed by atoms with Gasteiger partial charge in [-0.25, -0.2) is 0 Å². The summed E-state index contributed by atoms with van der Waals surface area (Å²) in [7, 11) is -3.37. The van der Waals surface area contributed by atoms with Gasteiger partial charge in [-0.3, -0.25) is 4.18 Å². The molecule has 1 saturated heterocycles. The second-order valence-corrected chi connectivity index (χ2v) is 8.14. The molecule has 0 radical (unpaired) electrons. The van der Waals surface area contributed by atoms with E-state index < -0.39 is 10.1 Å². The van der Waals surface area contributed by atoms with Gasteiger partial charge in [0.05, 0.1) is 12.9 Å². The summed E-state index contributed by atoms with van der Waals surface area (Å²) in [5, 5.41) is 4.95. The zero-order valence-corrected chi connectivity index (χ0v) is 13.3. The smallest absolute Gasteiger partial charge is 0.264 e. The van der Waals surface area contributed by atoms with Crippen molar-refractivity contribution in [2.24, 2.45) is 5.92 Å². The first-order chi connectivity index (χ1) is 10.5. The van der Waals surface area contributed by atoms with Crippen LogP contribution in [0.2, 0.25) is 0 Å². The highest BCUT2D eigenvalue weighted by molar-refractivity contribution is 7.85. The lowest BCUT2D eigenvalue weighted by Gasteiger charge is -2.40. The van der Waals surface area contributed by atoms with E-state index in [0.29, 0.717) is 12.0 Å². The monoisotopic (exact) mass is 320 g/mol. The number of nitrogens with one attached hydrogen (secondary N) is 2. The third-order valence-corrected chi connectivity index (χ3v) is 5.48. The third-order valence-electron chi connectivity index (χ3n) is 4.92. The van der Waals surface area contributed by atoms with Crippen LogP contribution < -0.4 is 5.32 Å². The molecule has 2 unspecified atom stereocenters. The predicted octanol–water partition coefficient (Wildman–Crippen LogP) is 1.76. The summed E-state index contributed by atoms with van der Waals surface area (Å²) in [6.45, 7) is 1.08. The highest BCUT2D eigenvalue weighted by Crippen LogP contribution is 2.41. The highest BCUT2D eigenvalue weighted by Gasteiger charge is 2.36. The molecule has 0 amide bonds. The van der Waals surface area contributed by atoms with Gasteiger partial charge in [-0.05, 0) is 36.0 Å². The van der Waals surface area contributed by atoms with E-state index in [1.807, 2.05) is 0 Å². The first kappa shape index (κ1) is 14.2. The molecule has 2 N–H and O–H groups in total. The Bertz CT molecular complexity index is 812. The van der Waals surface area contributed by atoms with Crippen LogP contribution in [0.15, 0.2) is 24.4 Å². The summed E-state index contributed by atoms with van der Waals surface area (Å²) in [4.78, 5) is 3.35. The Hall–Kier alpha value is -1.37. The molecule has 2 aliphatic rings. The maximum Gasteiger partial charge on any atom is 0.264 e. The minimum atomic E-state index is -3.37. The van der Waals surface area contributed by atoms with Gasteiger partial charge in [-0.15, -0.1) is 0 Å². The molecule has 0 bridgehead atoms. The van der Waals surface area contributed by atoms with Crippen molar-refractivity contribution in [3.63, 3.8) is 0 Å². The largest absolute Gasteiger partial charge is 0.361 e. The number of benzene rings is 1. The lowest BCUT2D eigenvalue weighted by molar-refractivity contribution is 0.188. The fourth-order valence-corrected chi connectivity index (χ4v) is 4.40. The molecular weight excluding hydrogens is 300 g/mol. The molecule has 1 aromatic carbocycles. The first-order valence-electron chi connectivity index (χ1n) is 7.68. The maximum atomic E-state index is 11.2. The Morgan fingerprint density at radius 2 is 2.23 bits per heavy atom. The van der Waals surface area contributed by atoms with E-state index in [0.717, 1.165) is 25.6 Å². The van der Waals surface area contributed by atoms with Crippen LogP contribution in [-0.2, 0) is 20.7 Å². The van der Waals surface area contributed by atoms with Crippen molar-refractivity contribution >= 4 is 21.0 Å². The van der Waals surface area contributed by atoms with Gasteiger partial charge in [0, 0.05) is 35.6 Å². The third kappa shape index (κ3) is 2.45. The fourth-order valence-electron chi connectivity index (χ4n) is 3.96. The van der Waals surface area contributed by atoms with E-state index in [-0.39, 0.29) is 12.5 Å². The van der Waals surface area contributed by atoms with Crippen molar-refractivity contribution in [1.29, 1.82) is 0 Å². The summed E-state index contributed by atoms with van der Waals surface area (Å²) < 4.78 is 27.4. The number of hydrogen-bond acceptors (Lipinski definition) is 4. The van der Waals surface area contributed by atoms with Gasteiger partial charge >= 0.3 is 0 Å². The number of aromatic nitrogens is 1. The SMILES string of the molecule is CS(=O)(=O)OCC1CN[C@@H]2Cc3c[nH]c4cccc(c34)C2C1. The zero-order valence-electron chi connectivity index (χ0n) is 12.5. The van der Waals surface area contributed by atoms with Crippen molar-refractivity contribution in [2.45, 2.75) is 24.8 Å². The number of rotatable bonds is 3. The minimum Gasteiger partial charge on any atom is -0.361 e. The molecule has 118 valence electrons. The molecule has 2 heterocycles.